The molecular formula is C8H16N2O. The molecular weight excluding hydrogens is 140 g/mol. The van der Waals surface area contributed by atoms with Gasteiger partial charge in [-0.15, -0.1) is 0 Å². The molecule has 0 fully saturated rings. The second-order valence-electron chi connectivity index (χ2n) is 3.93. The standard InChI is InChI=1S/C8H16N2O/c1-7(2)8(3,4)10-6(9-7)11-5/h1-5H3,(H,9,10). The molecule has 1 aliphatic heterocycles. The number of hydrogen-bond acceptors (Lipinski definition) is 3. The first-order valence-corrected chi connectivity index (χ1v) is 3.81. The van der Waals surface area contributed by atoms with E-state index in [0.29, 0.717) is 6.02 Å². The van der Waals surface area contributed by atoms with Crippen LogP contribution in [0.4, 0.5) is 0 Å². The maximum atomic E-state index is 5.02. The first kappa shape index (κ1) is 8.37. The molecule has 0 saturated carbocycles. The Morgan fingerprint density at radius 1 is 1.27 bits per heavy atom. The first-order chi connectivity index (χ1) is 4.89. The molecule has 0 saturated heterocycles. The topological polar surface area (TPSA) is 33.6 Å². The molecule has 0 aliphatic carbocycles. The Morgan fingerprint density at radius 2 is 1.82 bits per heavy atom. The van der Waals surface area contributed by atoms with E-state index in [1.165, 1.54) is 0 Å². The SMILES string of the molecule is COC1=NC(C)(C)C(C)(C)N1. The molecule has 0 bridgehead atoms. The van der Waals surface area contributed by atoms with Gasteiger partial charge in [0.15, 0.2) is 0 Å². The van der Waals surface area contributed by atoms with Gasteiger partial charge in [-0.25, -0.2) is 4.99 Å². The third-order valence-corrected chi connectivity index (χ3v) is 2.52. The number of nitrogens with one attached hydrogen (secondary N) is 1. The summed E-state index contributed by atoms with van der Waals surface area (Å²) in [4.78, 5) is 4.38. The van der Waals surface area contributed by atoms with Crippen molar-refractivity contribution in [1.82, 2.24) is 5.32 Å². The van der Waals surface area contributed by atoms with Crippen LogP contribution in [0.15, 0.2) is 4.99 Å². The molecule has 1 heterocycles. The summed E-state index contributed by atoms with van der Waals surface area (Å²) in [5.41, 5.74) is -0.101. The van der Waals surface area contributed by atoms with Crippen LogP contribution in [0, 0.1) is 0 Å². The van der Waals surface area contributed by atoms with Crippen LogP contribution >= 0.6 is 0 Å². The highest BCUT2D eigenvalue weighted by Gasteiger charge is 2.43. The average Bonchev–Trinajstić information content (AvgIpc) is 2.03. The van der Waals surface area contributed by atoms with Gasteiger partial charge in [0.1, 0.15) is 0 Å². The minimum atomic E-state index is -0.0850. The average molecular weight is 156 g/mol. The van der Waals surface area contributed by atoms with E-state index in [0.717, 1.165) is 0 Å². The van der Waals surface area contributed by atoms with Gasteiger partial charge in [0.25, 0.3) is 6.02 Å². The maximum Gasteiger partial charge on any atom is 0.285 e. The van der Waals surface area contributed by atoms with E-state index >= 15 is 0 Å². The zero-order valence-corrected chi connectivity index (χ0v) is 7.86. The lowest BCUT2D eigenvalue weighted by atomic mass is 9.85. The third-order valence-electron chi connectivity index (χ3n) is 2.52. The van der Waals surface area contributed by atoms with Crippen LogP contribution in [-0.2, 0) is 4.74 Å². The van der Waals surface area contributed by atoms with Crippen molar-refractivity contribution in [2.75, 3.05) is 7.11 Å². The molecule has 0 aromatic heterocycles. The van der Waals surface area contributed by atoms with Gasteiger partial charge < -0.3 is 10.1 Å². The van der Waals surface area contributed by atoms with Crippen LogP contribution in [-0.4, -0.2) is 24.2 Å². The fraction of sp³-hybridized carbons (Fsp3) is 0.875. The van der Waals surface area contributed by atoms with Gasteiger partial charge in [0.2, 0.25) is 0 Å². The molecule has 0 amide bonds. The Labute approximate surface area is 67.8 Å². The maximum absolute atomic E-state index is 5.02. The smallest absolute Gasteiger partial charge is 0.285 e. The normalized spacial score (nSPS) is 25.7. The van der Waals surface area contributed by atoms with Crippen molar-refractivity contribution in [3.8, 4) is 0 Å². The summed E-state index contributed by atoms with van der Waals surface area (Å²) in [6, 6.07) is 0.639. The van der Waals surface area contributed by atoms with Crippen LogP contribution < -0.4 is 5.32 Å². The molecule has 0 aromatic rings. The summed E-state index contributed by atoms with van der Waals surface area (Å²) in [7, 11) is 1.63. The molecule has 11 heavy (non-hydrogen) atoms. The second kappa shape index (κ2) is 2.13. The summed E-state index contributed by atoms with van der Waals surface area (Å²) in [6.07, 6.45) is 0. The number of aliphatic imine (C=N–C) groups is 1. The van der Waals surface area contributed by atoms with Crippen molar-refractivity contribution in [3.63, 3.8) is 0 Å². The molecule has 0 unspecified atom stereocenters. The van der Waals surface area contributed by atoms with Crippen molar-refractivity contribution in [2.24, 2.45) is 4.99 Å². The summed E-state index contributed by atoms with van der Waals surface area (Å²) < 4.78 is 5.02. The van der Waals surface area contributed by atoms with Crippen LogP contribution in [0.3, 0.4) is 0 Å². The molecule has 64 valence electrons. The highest BCUT2D eigenvalue weighted by Crippen LogP contribution is 2.29. The Bertz CT molecular complexity index is 194. The van der Waals surface area contributed by atoms with Crippen LogP contribution in [0.5, 0.6) is 0 Å². The number of nitrogens with zero attached hydrogens (tertiary/aromatic N) is 1. The largest absolute Gasteiger partial charge is 0.469 e. The van der Waals surface area contributed by atoms with Crippen LogP contribution in [0.1, 0.15) is 27.7 Å². The Balaban J connectivity index is 2.87. The van der Waals surface area contributed by atoms with E-state index < -0.39 is 0 Å². The van der Waals surface area contributed by atoms with E-state index in [9.17, 15) is 0 Å². The molecule has 1 N–H and O–H groups in total. The van der Waals surface area contributed by atoms with Crippen molar-refractivity contribution in [2.45, 2.75) is 38.8 Å². The van der Waals surface area contributed by atoms with Crippen molar-refractivity contribution >= 4 is 6.02 Å². The quantitative estimate of drug-likeness (QED) is 0.570. The van der Waals surface area contributed by atoms with E-state index in [1.54, 1.807) is 7.11 Å². The Morgan fingerprint density at radius 3 is 2.00 bits per heavy atom. The van der Waals surface area contributed by atoms with E-state index in [2.05, 4.69) is 38.0 Å². The zero-order valence-electron chi connectivity index (χ0n) is 7.86. The van der Waals surface area contributed by atoms with Crippen molar-refractivity contribution < 1.29 is 4.74 Å². The number of hydrogen-bond donors (Lipinski definition) is 1. The lowest BCUT2D eigenvalue weighted by molar-refractivity contribution is 0.301. The Hall–Kier alpha value is -0.730. The highest BCUT2D eigenvalue weighted by atomic mass is 16.5. The third kappa shape index (κ3) is 1.19. The van der Waals surface area contributed by atoms with Gasteiger partial charge in [0, 0.05) is 0 Å². The van der Waals surface area contributed by atoms with Crippen LogP contribution in [0.25, 0.3) is 0 Å². The number of methoxy groups -OCH3 is 1. The fourth-order valence-electron chi connectivity index (χ4n) is 0.939. The molecule has 0 spiro atoms. The summed E-state index contributed by atoms with van der Waals surface area (Å²) in [5.74, 6) is 0. The van der Waals surface area contributed by atoms with E-state index in [4.69, 9.17) is 4.74 Å². The van der Waals surface area contributed by atoms with Gasteiger partial charge in [-0.2, -0.15) is 0 Å². The molecule has 3 heteroatoms. The molecule has 0 radical (unpaired) electrons. The minimum Gasteiger partial charge on any atom is -0.469 e. The minimum absolute atomic E-state index is 0.0155. The van der Waals surface area contributed by atoms with E-state index in [-0.39, 0.29) is 11.1 Å². The molecule has 0 atom stereocenters. The lowest BCUT2D eigenvalue weighted by Gasteiger charge is -2.31. The van der Waals surface area contributed by atoms with E-state index in [1.807, 2.05) is 0 Å². The molecule has 0 aromatic carbocycles. The fourth-order valence-corrected chi connectivity index (χ4v) is 0.939. The predicted molar refractivity (Wildman–Crippen MR) is 45.7 cm³/mol. The summed E-state index contributed by atoms with van der Waals surface area (Å²) in [5, 5.41) is 3.20. The molecule has 3 nitrogen and oxygen atoms in total. The highest BCUT2D eigenvalue weighted by molar-refractivity contribution is 5.77. The van der Waals surface area contributed by atoms with Crippen molar-refractivity contribution in [1.29, 1.82) is 0 Å². The number of amidine groups is 1. The molecule has 1 rings (SSSR count). The molecule has 1 aliphatic rings. The van der Waals surface area contributed by atoms with Gasteiger partial charge in [0.05, 0.1) is 18.2 Å². The Kier molecular flexibility index (Phi) is 1.62. The van der Waals surface area contributed by atoms with Gasteiger partial charge >= 0.3 is 0 Å². The lowest BCUT2D eigenvalue weighted by Crippen LogP contribution is -2.50. The first-order valence-electron chi connectivity index (χ1n) is 3.81. The van der Waals surface area contributed by atoms with Gasteiger partial charge in [-0.1, -0.05) is 0 Å². The summed E-state index contributed by atoms with van der Waals surface area (Å²) >= 11 is 0. The summed E-state index contributed by atoms with van der Waals surface area (Å²) in [6.45, 7) is 8.41. The van der Waals surface area contributed by atoms with Gasteiger partial charge in [-0.3, -0.25) is 0 Å². The monoisotopic (exact) mass is 156 g/mol. The van der Waals surface area contributed by atoms with Gasteiger partial charge in [-0.05, 0) is 27.7 Å². The zero-order chi connectivity index (χ0) is 8.70. The van der Waals surface area contributed by atoms with Crippen LogP contribution in [0.2, 0.25) is 0 Å². The predicted octanol–water partition coefficient (Wildman–Crippen LogP) is 1.15. The number of ether oxygens (including phenoxy) is 1. The van der Waals surface area contributed by atoms with Crippen molar-refractivity contribution in [3.05, 3.63) is 0 Å². The number of rotatable bonds is 0. The second-order valence-corrected chi connectivity index (χ2v) is 3.93.